The van der Waals surface area contributed by atoms with Crippen LogP contribution in [-0.2, 0) is 0 Å². The van der Waals surface area contributed by atoms with Gasteiger partial charge in [0.2, 0.25) is 6.79 Å². The summed E-state index contributed by atoms with van der Waals surface area (Å²) in [6.07, 6.45) is 4.64. The number of halogens is 1. The van der Waals surface area contributed by atoms with Gasteiger partial charge >= 0.3 is 0 Å². The molecule has 1 amide bonds. The molecule has 1 fully saturated rings. The molecular weight excluding hydrogens is 316 g/mol. The molecule has 0 unspecified atom stereocenters. The maximum atomic E-state index is 12.8. The van der Waals surface area contributed by atoms with E-state index in [0.717, 1.165) is 12.8 Å². The zero-order valence-corrected chi connectivity index (χ0v) is 14.8. The van der Waals surface area contributed by atoms with E-state index in [0.29, 0.717) is 23.1 Å². The summed E-state index contributed by atoms with van der Waals surface area (Å²) in [5.74, 6) is 1.42. The molecular formula is C17H25ClN2O3. The quantitative estimate of drug-likeness (QED) is 0.848. The van der Waals surface area contributed by atoms with Crippen LogP contribution in [0.1, 0.15) is 36.0 Å². The number of likely N-dealkylation sites (N-methyl/N-ethyl adjacent to an activating group) is 2. The van der Waals surface area contributed by atoms with Gasteiger partial charge in [0, 0.05) is 24.7 Å². The minimum Gasteiger partial charge on any atom is -0.454 e. The number of rotatable bonds is 3. The molecule has 5 nitrogen and oxygen atoms in total. The Balaban J connectivity index is 0.00000192. The first kappa shape index (κ1) is 17.9. The van der Waals surface area contributed by atoms with Gasteiger partial charge in [-0.15, -0.1) is 12.4 Å². The van der Waals surface area contributed by atoms with E-state index in [2.05, 4.69) is 19.0 Å². The van der Waals surface area contributed by atoms with Crippen molar-refractivity contribution in [3.8, 4) is 11.5 Å². The molecule has 0 spiro atoms. The van der Waals surface area contributed by atoms with E-state index in [1.165, 1.54) is 12.8 Å². The van der Waals surface area contributed by atoms with Gasteiger partial charge in [-0.05, 0) is 45.1 Å². The summed E-state index contributed by atoms with van der Waals surface area (Å²) in [5.41, 5.74) is 0.662. The van der Waals surface area contributed by atoms with Crippen LogP contribution in [0.3, 0.4) is 0 Å². The predicted octanol–water partition coefficient (Wildman–Crippen LogP) is 2.78. The molecule has 0 bridgehead atoms. The van der Waals surface area contributed by atoms with Crippen molar-refractivity contribution in [2.24, 2.45) is 0 Å². The van der Waals surface area contributed by atoms with Gasteiger partial charge in [-0.2, -0.15) is 0 Å². The van der Waals surface area contributed by atoms with Crippen molar-refractivity contribution in [2.75, 3.05) is 27.9 Å². The van der Waals surface area contributed by atoms with Crippen LogP contribution >= 0.6 is 12.4 Å². The number of nitrogens with zero attached hydrogens (tertiary/aromatic N) is 2. The first-order chi connectivity index (χ1) is 10.6. The van der Waals surface area contributed by atoms with Gasteiger partial charge in [0.05, 0.1) is 0 Å². The Morgan fingerprint density at radius 1 is 1.04 bits per heavy atom. The van der Waals surface area contributed by atoms with Crippen molar-refractivity contribution in [3.05, 3.63) is 23.8 Å². The smallest absolute Gasteiger partial charge is 0.254 e. The molecule has 1 saturated carbocycles. The zero-order valence-electron chi connectivity index (χ0n) is 13.9. The average molecular weight is 341 g/mol. The van der Waals surface area contributed by atoms with Gasteiger partial charge in [-0.1, -0.05) is 12.8 Å². The van der Waals surface area contributed by atoms with Gasteiger partial charge in [-0.25, -0.2) is 0 Å². The molecule has 0 saturated heterocycles. The highest BCUT2D eigenvalue weighted by molar-refractivity contribution is 5.95. The second kappa shape index (κ2) is 7.41. The van der Waals surface area contributed by atoms with Crippen LogP contribution in [0.15, 0.2) is 18.2 Å². The minimum absolute atomic E-state index is 0. The minimum atomic E-state index is 0. The van der Waals surface area contributed by atoms with Crippen LogP contribution in [-0.4, -0.2) is 55.7 Å². The number of hydrogen-bond acceptors (Lipinski definition) is 4. The Morgan fingerprint density at radius 2 is 1.70 bits per heavy atom. The topological polar surface area (TPSA) is 42.0 Å². The lowest BCUT2D eigenvalue weighted by molar-refractivity contribution is 0.0544. The third-order valence-corrected chi connectivity index (χ3v) is 4.79. The van der Waals surface area contributed by atoms with E-state index in [9.17, 15) is 4.79 Å². The van der Waals surface area contributed by atoms with E-state index >= 15 is 0 Å². The average Bonchev–Trinajstić information content (AvgIpc) is 3.01. The van der Waals surface area contributed by atoms with E-state index in [1.807, 2.05) is 24.1 Å². The Kier molecular flexibility index (Phi) is 5.76. The molecule has 2 aliphatic rings. The number of carbonyl (C=O) groups is 1. The summed E-state index contributed by atoms with van der Waals surface area (Å²) in [6, 6.07) is 6.11. The summed E-state index contributed by atoms with van der Waals surface area (Å²) < 4.78 is 10.7. The molecule has 1 aliphatic heterocycles. The molecule has 1 heterocycles. The van der Waals surface area contributed by atoms with E-state index in [1.54, 1.807) is 6.07 Å². The number of ether oxygens (including phenoxy) is 2. The van der Waals surface area contributed by atoms with Crippen molar-refractivity contribution >= 4 is 18.3 Å². The second-order valence-electron chi connectivity index (χ2n) is 6.37. The maximum Gasteiger partial charge on any atom is 0.254 e. The Bertz CT molecular complexity index is 565. The summed E-state index contributed by atoms with van der Waals surface area (Å²) in [4.78, 5) is 17.0. The first-order valence-electron chi connectivity index (χ1n) is 7.91. The van der Waals surface area contributed by atoms with Crippen molar-refractivity contribution in [3.63, 3.8) is 0 Å². The van der Waals surface area contributed by atoms with Crippen LogP contribution in [0.4, 0.5) is 0 Å². The number of benzene rings is 1. The highest BCUT2D eigenvalue weighted by Crippen LogP contribution is 2.33. The van der Waals surface area contributed by atoms with Crippen LogP contribution in [0.2, 0.25) is 0 Å². The summed E-state index contributed by atoms with van der Waals surface area (Å²) >= 11 is 0. The third kappa shape index (κ3) is 3.56. The molecule has 1 aromatic carbocycles. The van der Waals surface area contributed by atoms with Crippen LogP contribution in [0.25, 0.3) is 0 Å². The highest BCUT2D eigenvalue weighted by Gasteiger charge is 2.32. The molecule has 0 N–H and O–H groups in total. The van der Waals surface area contributed by atoms with E-state index < -0.39 is 0 Å². The SMILES string of the molecule is CN(C)[C@@H]1CCCC[C@H]1N(C)C(=O)c1ccc2c(c1)OCO2.Cl. The lowest BCUT2D eigenvalue weighted by Gasteiger charge is -2.41. The number of fused-ring (bicyclic) bond motifs is 1. The third-order valence-electron chi connectivity index (χ3n) is 4.79. The highest BCUT2D eigenvalue weighted by atomic mass is 35.5. The summed E-state index contributed by atoms with van der Waals surface area (Å²) in [5, 5.41) is 0. The van der Waals surface area contributed by atoms with E-state index in [-0.39, 0.29) is 31.1 Å². The van der Waals surface area contributed by atoms with Gasteiger partial charge in [0.1, 0.15) is 0 Å². The molecule has 1 aliphatic carbocycles. The number of amides is 1. The Labute approximate surface area is 143 Å². The number of hydrogen-bond donors (Lipinski definition) is 0. The van der Waals surface area contributed by atoms with Gasteiger partial charge in [0.15, 0.2) is 11.5 Å². The van der Waals surface area contributed by atoms with Crippen LogP contribution < -0.4 is 9.47 Å². The van der Waals surface area contributed by atoms with Crippen molar-refractivity contribution in [1.29, 1.82) is 0 Å². The molecule has 2 atom stereocenters. The van der Waals surface area contributed by atoms with Gasteiger partial charge in [-0.3, -0.25) is 4.79 Å². The lowest BCUT2D eigenvalue weighted by Crippen LogP contribution is -2.51. The zero-order chi connectivity index (χ0) is 15.7. The molecule has 3 rings (SSSR count). The molecule has 23 heavy (non-hydrogen) atoms. The predicted molar refractivity (Wildman–Crippen MR) is 91.6 cm³/mol. The second-order valence-corrected chi connectivity index (χ2v) is 6.37. The first-order valence-corrected chi connectivity index (χ1v) is 7.91. The molecule has 0 aromatic heterocycles. The van der Waals surface area contributed by atoms with Gasteiger partial charge in [0.25, 0.3) is 5.91 Å². The summed E-state index contributed by atoms with van der Waals surface area (Å²) in [6.45, 7) is 0.230. The fraction of sp³-hybridized carbons (Fsp3) is 0.588. The monoisotopic (exact) mass is 340 g/mol. The Morgan fingerprint density at radius 3 is 2.39 bits per heavy atom. The van der Waals surface area contributed by atoms with Crippen LogP contribution in [0, 0.1) is 0 Å². The Hall–Kier alpha value is -1.46. The van der Waals surface area contributed by atoms with Crippen LogP contribution in [0.5, 0.6) is 11.5 Å². The molecule has 128 valence electrons. The molecule has 6 heteroatoms. The van der Waals surface area contributed by atoms with E-state index in [4.69, 9.17) is 9.47 Å². The summed E-state index contributed by atoms with van der Waals surface area (Å²) in [7, 11) is 6.11. The standard InChI is InChI=1S/C17H24N2O3.ClH/c1-18(2)13-6-4-5-7-14(13)19(3)17(20)12-8-9-15-16(10-12)22-11-21-15;/h8-10,13-14H,4-7,11H2,1-3H3;1H/t13-,14-;/m1./s1. The largest absolute Gasteiger partial charge is 0.454 e. The fourth-order valence-corrected chi connectivity index (χ4v) is 3.53. The normalized spacial score (nSPS) is 22.6. The van der Waals surface area contributed by atoms with Crippen molar-refractivity contribution in [2.45, 2.75) is 37.8 Å². The lowest BCUT2D eigenvalue weighted by atomic mass is 9.88. The molecule has 1 aromatic rings. The van der Waals surface area contributed by atoms with Gasteiger partial charge < -0.3 is 19.3 Å². The molecule has 0 radical (unpaired) electrons. The van der Waals surface area contributed by atoms with Crippen molar-refractivity contribution < 1.29 is 14.3 Å². The van der Waals surface area contributed by atoms with Crippen molar-refractivity contribution in [1.82, 2.24) is 9.80 Å². The maximum absolute atomic E-state index is 12.8. The fourth-order valence-electron chi connectivity index (χ4n) is 3.53. The number of carbonyl (C=O) groups excluding carboxylic acids is 1.